The SMILES string of the molecule is CSc1ccc(Cl)cc1C(=O)N1CCN(C)CC1.Cl. The first-order valence-corrected chi connectivity index (χ1v) is 7.53. The number of nitrogens with zero attached hydrogens (tertiary/aromatic N) is 2. The Kier molecular flexibility index (Phi) is 6.47. The zero-order chi connectivity index (χ0) is 13.1. The van der Waals surface area contributed by atoms with Crippen LogP contribution in [0.2, 0.25) is 5.02 Å². The number of benzene rings is 1. The second-order valence-electron chi connectivity index (χ2n) is 4.44. The molecule has 1 aliphatic heterocycles. The Balaban J connectivity index is 0.00000180. The maximum Gasteiger partial charge on any atom is 0.255 e. The van der Waals surface area contributed by atoms with E-state index in [-0.39, 0.29) is 18.3 Å². The minimum atomic E-state index is 0. The van der Waals surface area contributed by atoms with Crippen molar-refractivity contribution in [2.24, 2.45) is 0 Å². The lowest BCUT2D eigenvalue weighted by molar-refractivity contribution is 0.0660. The third-order valence-corrected chi connectivity index (χ3v) is 4.21. The quantitative estimate of drug-likeness (QED) is 0.783. The Labute approximate surface area is 129 Å². The van der Waals surface area contributed by atoms with Gasteiger partial charge in [0.05, 0.1) is 5.56 Å². The minimum Gasteiger partial charge on any atom is -0.336 e. The number of piperazine rings is 1. The summed E-state index contributed by atoms with van der Waals surface area (Å²) in [6.45, 7) is 3.44. The van der Waals surface area contributed by atoms with Crippen LogP contribution in [0.5, 0.6) is 0 Å². The van der Waals surface area contributed by atoms with Gasteiger partial charge >= 0.3 is 0 Å². The summed E-state index contributed by atoms with van der Waals surface area (Å²) in [5.74, 6) is 0.0925. The van der Waals surface area contributed by atoms with Gasteiger partial charge in [-0.2, -0.15) is 0 Å². The molecule has 0 aliphatic carbocycles. The van der Waals surface area contributed by atoms with E-state index in [0.29, 0.717) is 5.02 Å². The molecule has 1 aliphatic rings. The lowest BCUT2D eigenvalue weighted by atomic mass is 10.2. The van der Waals surface area contributed by atoms with Gasteiger partial charge in [-0.15, -0.1) is 24.2 Å². The van der Waals surface area contributed by atoms with Crippen LogP contribution in [0, 0.1) is 0 Å². The van der Waals surface area contributed by atoms with Crippen molar-refractivity contribution < 1.29 is 4.79 Å². The van der Waals surface area contributed by atoms with Gasteiger partial charge in [-0.1, -0.05) is 11.6 Å². The van der Waals surface area contributed by atoms with Gasteiger partial charge in [-0.3, -0.25) is 4.79 Å². The van der Waals surface area contributed by atoms with E-state index in [1.807, 2.05) is 23.3 Å². The Morgan fingerprint density at radius 1 is 1.26 bits per heavy atom. The number of carbonyl (C=O) groups is 1. The zero-order valence-electron chi connectivity index (χ0n) is 11.1. The molecule has 0 radical (unpaired) electrons. The second kappa shape index (κ2) is 7.39. The van der Waals surface area contributed by atoms with Crippen LogP contribution in [0.15, 0.2) is 23.1 Å². The van der Waals surface area contributed by atoms with Gasteiger partial charge in [0.15, 0.2) is 0 Å². The van der Waals surface area contributed by atoms with Crippen molar-refractivity contribution in [3.05, 3.63) is 28.8 Å². The molecule has 2 rings (SSSR count). The van der Waals surface area contributed by atoms with Crippen molar-refractivity contribution in [2.45, 2.75) is 4.90 Å². The third-order valence-electron chi connectivity index (χ3n) is 3.18. The van der Waals surface area contributed by atoms with Crippen molar-refractivity contribution in [1.29, 1.82) is 0 Å². The van der Waals surface area contributed by atoms with E-state index in [2.05, 4.69) is 11.9 Å². The molecule has 1 aromatic carbocycles. The van der Waals surface area contributed by atoms with E-state index in [0.717, 1.165) is 36.6 Å². The first-order chi connectivity index (χ1) is 8.61. The molecule has 1 heterocycles. The van der Waals surface area contributed by atoms with Crippen molar-refractivity contribution in [3.63, 3.8) is 0 Å². The Hall–Kier alpha value is -0.420. The van der Waals surface area contributed by atoms with E-state index < -0.39 is 0 Å². The van der Waals surface area contributed by atoms with Gasteiger partial charge in [0.1, 0.15) is 0 Å². The van der Waals surface area contributed by atoms with Gasteiger partial charge in [-0.05, 0) is 31.5 Å². The number of rotatable bonds is 2. The smallest absolute Gasteiger partial charge is 0.255 e. The molecule has 0 unspecified atom stereocenters. The molecular formula is C13H18Cl2N2OS. The predicted octanol–water partition coefficient (Wildman–Crippen LogP) is 2.87. The van der Waals surface area contributed by atoms with Crippen molar-refractivity contribution in [3.8, 4) is 0 Å². The number of hydrogen-bond donors (Lipinski definition) is 0. The highest BCUT2D eigenvalue weighted by molar-refractivity contribution is 7.98. The van der Waals surface area contributed by atoms with Crippen LogP contribution in [-0.4, -0.2) is 55.2 Å². The van der Waals surface area contributed by atoms with Gasteiger partial charge in [0, 0.05) is 36.1 Å². The fourth-order valence-electron chi connectivity index (χ4n) is 2.03. The fourth-order valence-corrected chi connectivity index (χ4v) is 2.77. The molecule has 0 bridgehead atoms. The molecule has 0 atom stereocenters. The summed E-state index contributed by atoms with van der Waals surface area (Å²) in [6.07, 6.45) is 1.98. The van der Waals surface area contributed by atoms with Crippen LogP contribution in [0.3, 0.4) is 0 Å². The monoisotopic (exact) mass is 320 g/mol. The lowest BCUT2D eigenvalue weighted by Crippen LogP contribution is -2.47. The first kappa shape index (κ1) is 16.6. The van der Waals surface area contributed by atoms with Crippen LogP contribution >= 0.6 is 35.8 Å². The maximum atomic E-state index is 12.5. The summed E-state index contributed by atoms with van der Waals surface area (Å²) in [5.41, 5.74) is 0.722. The normalized spacial score (nSPS) is 16.1. The van der Waals surface area contributed by atoms with Crippen LogP contribution < -0.4 is 0 Å². The van der Waals surface area contributed by atoms with E-state index >= 15 is 0 Å². The van der Waals surface area contributed by atoms with E-state index in [1.165, 1.54) is 0 Å². The third kappa shape index (κ3) is 4.02. The lowest BCUT2D eigenvalue weighted by Gasteiger charge is -2.32. The Morgan fingerprint density at radius 2 is 1.89 bits per heavy atom. The zero-order valence-corrected chi connectivity index (χ0v) is 13.4. The topological polar surface area (TPSA) is 23.6 Å². The molecule has 1 fully saturated rings. The van der Waals surface area contributed by atoms with Crippen LogP contribution in [0.25, 0.3) is 0 Å². The van der Waals surface area contributed by atoms with Gasteiger partial charge in [0.25, 0.3) is 5.91 Å². The molecule has 1 aromatic rings. The summed E-state index contributed by atoms with van der Waals surface area (Å²) in [4.78, 5) is 17.6. The number of likely N-dealkylation sites (N-methyl/N-ethyl adjacent to an activating group) is 1. The largest absolute Gasteiger partial charge is 0.336 e. The first-order valence-electron chi connectivity index (χ1n) is 5.93. The van der Waals surface area contributed by atoms with E-state index in [9.17, 15) is 4.79 Å². The molecule has 0 N–H and O–H groups in total. The summed E-state index contributed by atoms with van der Waals surface area (Å²) >= 11 is 7.57. The molecule has 0 aromatic heterocycles. The van der Waals surface area contributed by atoms with Gasteiger partial charge in [0.2, 0.25) is 0 Å². The molecule has 19 heavy (non-hydrogen) atoms. The van der Waals surface area contributed by atoms with Gasteiger partial charge in [-0.25, -0.2) is 0 Å². The van der Waals surface area contributed by atoms with Crippen molar-refractivity contribution in [2.75, 3.05) is 39.5 Å². The average molecular weight is 321 g/mol. The van der Waals surface area contributed by atoms with E-state index in [1.54, 1.807) is 17.8 Å². The molecule has 106 valence electrons. The highest BCUT2D eigenvalue weighted by Crippen LogP contribution is 2.25. The summed E-state index contributed by atoms with van der Waals surface area (Å²) < 4.78 is 0. The molecule has 1 saturated heterocycles. The number of hydrogen-bond acceptors (Lipinski definition) is 3. The number of carbonyl (C=O) groups excluding carboxylic acids is 1. The molecule has 0 spiro atoms. The minimum absolute atomic E-state index is 0. The molecule has 6 heteroatoms. The Bertz CT molecular complexity index is 448. The van der Waals surface area contributed by atoms with Crippen LogP contribution in [-0.2, 0) is 0 Å². The van der Waals surface area contributed by atoms with Gasteiger partial charge < -0.3 is 9.80 Å². The maximum absolute atomic E-state index is 12.5. The number of halogens is 2. The van der Waals surface area contributed by atoms with Crippen molar-refractivity contribution in [1.82, 2.24) is 9.80 Å². The number of amides is 1. The summed E-state index contributed by atoms with van der Waals surface area (Å²) in [7, 11) is 2.08. The number of thioether (sulfide) groups is 1. The predicted molar refractivity (Wildman–Crippen MR) is 83.9 cm³/mol. The van der Waals surface area contributed by atoms with E-state index in [4.69, 9.17) is 11.6 Å². The molecular weight excluding hydrogens is 303 g/mol. The summed E-state index contributed by atoms with van der Waals surface area (Å²) in [5, 5.41) is 0.616. The standard InChI is InChI=1S/C13H17ClN2OS.ClH/c1-15-5-7-16(8-6-15)13(17)11-9-10(14)3-4-12(11)18-2;/h3-4,9H,5-8H2,1-2H3;1H. The van der Waals surface area contributed by atoms with Crippen LogP contribution in [0.1, 0.15) is 10.4 Å². The average Bonchev–Trinajstić information content (AvgIpc) is 2.39. The second-order valence-corrected chi connectivity index (χ2v) is 5.72. The highest BCUT2D eigenvalue weighted by atomic mass is 35.5. The Morgan fingerprint density at radius 3 is 2.47 bits per heavy atom. The van der Waals surface area contributed by atoms with Crippen molar-refractivity contribution >= 4 is 41.7 Å². The summed E-state index contributed by atoms with van der Waals surface area (Å²) in [6, 6.07) is 5.51. The molecule has 3 nitrogen and oxygen atoms in total. The highest BCUT2D eigenvalue weighted by Gasteiger charge is 2.22. The molecule has 1 amide bonds. The van der Waals surface area contributed by atoms with Crippen LogP contribution in [0.4, 0.5) is 0 Å². The fraction of sp³-hybridized carbons (Fsp3) is 0.462. The molecule has 0 saturated carbocycles.